The third-order valence-electron chi connectivity index (χ3n) is 3.75. The smallest absolute Gasteiger partial charge is 0.251 e. The van der Waals surface area contributed by atoms with Gasteiger partial charge in [0.15, 0.2) is 5.11 Å². The zero-order chi connectivity index (χ0) is 17.4. The summed E-state index contributed by atoms with van der Waals surface area (Å²) < 4.78 is 0.909. The number of benzene rings is 1. The molecule has 2 rings (SSSR count). The topological polar surface area (TPSA) is 82.3 Å². The van der Waals surface area contributed by atoms with Gasteiger partial charge in [-0.1, -0.05) is 28.8 Å². The Kier molecular flexibility index (Phi) is 7.45. The second kappa shape index (κ2) is 9.58. The fraction of sp³-hybridized carbons (Fsp3) is 0.438. The van der Waals surface area contributed by atoms with E-state index in [1.54, 1.807) is 24.3 Å². The van der Waals surface area contributed by atoms with Crippen LogP contribution in [0.25, 0.3) is 0 Å². The number of hydrazine groups is 1. The average Bonchev–Trinajstić information content (AvgIpc) is 3.06. The standard InChI is InChI=1S/C16H21BrN4O2S/c17-12-7-5-11(6-8-12)15(23)18-10-9-14(22)20-21-16(24)19-13-3-1-2-4-13/h5-8,13H,1-4,9-10H2,(H,18,23)(H,20,22)(H2,19,21,24). The fourth-order valence-electron chi connectivity index (χ4n) is 2.47. The molecule has 0 saturated heterocycles. The third-order valence-corrected chi connectivity index (χ3v) is 4.50. The van der Waals surface area contributed by atoms with E-state index in [1.165, 1.54) is 12.8 Å². The van der Waals surface area contributed by atoms with E-state index in [1.807, 2.05) is 0 Å². The molecule has 8 heteroatoms. The Bertz CT molecular complexity index is 588. The zero-order valence-electron chi connectivity index (χ0n) is 13.2. The summed E-state index contributed by atoms with van der Waals surface area (Å²) in [6.45, 7) is 0.255. The van der Waals surface area contributed by atoms with Crippen molar-refractivity contribution in [2.75, 3.05) is 6.54 Å². The molecule has 0 aromatic heterocycles. The molecule has 1 saturated carbocycles. The Balaban J connectivity index is 1.59. The van der Waals surface area contributed by atoms with Crippen molar-refractivity contribution in [2.24, 2.45) is 0 Å². The van der Waals surface area contributed by atoms with Crippen molar-refractivity contribution < 1.29 is 9.59 Å². The molecule has 0 atom stereocenters. The second-order valence-corrected chi connectivity index (χ2v) is 6.96. The van der Waals surface area contributed by atoms with Crippen LogP contribution in [0.1, 0.15) is 42.5 Å². The number of rotatable bonds is 5. The van der Waals surface area contributed by atoms with Crippen molar-refractivity contribution in [3.05, 3.63) is 34.3 Å². The molecule has 0 spiro atoms. The zero-order valence-corrected chi connectivity index (χ0v) is 15.6. The molecule has 6 nitrogen and oxygen atoms in total. The van der Waals surface area contributed by atoms with Crippen LogP contribution in [-0.2, 0) is 4.79 Å². The van der Waals surface area contributed by atoms with Crippen LogP contribution in [0.4, 0.5) is 0 Å². The van der Waals surface area contributed by atoms with Crippen molar-refractivity contribution in [3.8, 4) is 0 Å². The number of carbonyl (C=O) groups excluding carboxylic acids is 2. The molecule has 0 bridgehead atoms. The molecule has 24 heavy (non-hydrogen) atoms. The Hall–Kier alpha value is -1.67. The number of nitrogens with one attached hydrogen (secondary N) is 4. The summed E-state index contributed by atoms with van der Waals surface area (Å²) >= 11 is 8.44. The van der Waals surface area contributed by atoms with Gasteiger partial charge in [-0.3, -0.25) is 20.4 Å². The number of carbonyl (C=O) groups is 2. The van der Waals surface area contributed by atoms with Crippen molar-refractivity contribution >= 4 is 45.1 Å². The van der Waals surface area contributed by atoms with Crippen molar-refractivity contribution in [1.29, 1.82) is 0 Å². The van der Waals surface area contributed by atoms with E-state index in [2.05, 4.69) is 37.4 Å². The molecule has 1 aromatic rings. The van der Waals surface area contributed by atoms with E-state index in [-0.39, 0.29) is 24.8 Å². The first-order valence-electron chi connectivity index (χ1n) is 7.94. The van der Waals surface area contributed by atoms with Gasteiger partial charge in [0.05, 0.1) is 0 Å². The summed E-state index contributed by atoms with van der Waals surface area (Å²) in [7, 11) is 0. The molecule has 130 valence electrons. The molecule has 0 radical (unpaired) electrons. The largest absolute Gasteiger partial charge is 0.359 e. The molecule has 1 fully saturated rings. The molecule has 0 heterocycles. The lowest BCUT2D eigenvalue weighted by atomic mass is 10.2. The van der Waals surface area contributed by atoms with Crippen molar-refractivity contribution in [2.45, 2.75) is 38.1 Å². The van der Waals surface area contributed by atoms with E-state index in [4.69, 9.17) is 12.2 Å². The van der Waals surface area contributed by atoms with Gasteiger partial charge >= 0.3 is 0 Å². The maximum absolute atomic E-state index is 11.9. The molecule has 1 aromatic carbocycles. The van der Waals surface area contributed by atoms with Crippen LogP contribution in [0.15, 0.2) is 28.7 Å². The van der Waals surface area contributed by atoms with E-state index < -0.39 is 0 Å². The minimum absolute atomic E-state index is 0.168. The van der Waals surface area contributed by atoms with Gasteiger partial charge in [0, 0.05) is 29.0 Å². The molecule has 0 unspecified atom stereocenters. The number of hydrogen-bond donors (Lipinski definition) is 4. The summed E-state index contributed by atoms with van der Waals surface area (Å²) in [4.78, 5) is 23.6. The van der Waals surface area contributed by atoms with E-state index in [0.29, 0.717) is 16.7 Å². The highest BCUT2D eigenvalue weighted by atomic mass is 79.9. The van der Waals surface area contributed by atoms with Gasteiger partial charge in [0.2, 0.25) is 5.91 Å². The molecular formula is C16H21BrN4O2S. The van der Waals surface area contributed by atoms with E-state index >= 15 is 0 Å². The average molecular weight is 413 g/mol. The molecule has 2 amide bonds. The van der Waals surface area contributed by atoms with Crippen LogP contribution in [0.3, 0.4) is 0 Å². The maximum atomic E-state index is 11.9. The minimum atomic E-state index is -0.235. The van der Waals surface area contributed by atoms with Gasteiger partial charge in [-0.05, 0) is 49.3 Å². The van der Waals surface area contributed by atoms with Gasteiger partial charge in [0.1, 0.15) is 0 Å². The fourth-order valence-corrected chi connectivity index (χ4v) is 2.96. The van der Waals surface area contributed by atoms with Crippen LogP contribution in [0, 0.1) is 0 Å². The van der Waals surface area contributed by atoms with Gasteiger partial charge in [-0.2, -0.15) is 0 Å². The van der Waals surface area contributed by atoms with Crippen LogP contribution in [0.5, 0.6) is 0 Å². The van der Waals surface area contributed by atoms with Crippen molar-refractivity contribution in [1.82, 2.24) is 21.5 Å². The molecular weight excluding hydrogens is 392 g/mol. The lowest BCUT2D eigenvalue weighted by Crippen LogP contribution is -2.49. The number of hydrogen-bond acceptors (Lipinski definition) is 3. The van der Waals surface area contributed by atoms with E-state index in [9.17, 15) is 9.59 Å². The Morgan fingerprint density at radius 2 is 1.79 bits per heavy atom. The van der Waals surface area contributed by atoms with Crippen LogP contribution in [-0.4, -0.2) is 29.5 Å². The lowest BCUT2D eigenvalue weighted by molar-refractivity contribution is -0.121. The van der Waals surface area contributed by atoms with Crippen LogP contribution >= 0.6 is 28.1 Å². The normalized spacial score (nSPS) is 14.0. The monoisotopic (exact) mass is 412 g/mol. The first-order chi connectivity index (χ1) is 11.5. The summed E-state index contributed by atoms with van der Waals surface area (Å²) in [6, 6.07) is 7.42. The van der Waals surface area contributed by atoms with Gasteiger partial charge in [0.25, 0.3) is 5.91 Å². The highest BCUT2D eigenvalue weighted by Crippen LogP contribution is 2.17. The molecule has 0 aliphatic heterocycles. The maximum Gasteiger partial charge on any atom is 0.251 e. The van der Waals surface area contributed by atoms with Crippen LogP contribution < -0.4 is 21.5 Å². The van der Waals surface area contributed by atoms with Crippen LogP contribution in [0.2, 0.25) is 0 Å². The summed E-state index contributed by atoms with van der Waals surface area (Å²) in [5, 5.41) is 6.30. The Labute approximate surface area is 155 Å². The summed E-state index contributed by atoms with van der Waals surface area (Å²) in [5.74, 6) is -0.441. The minimum Gasteiger partial charge on any atom is -0.359 e. The highest BCUT2D eigenvalue weighted by molar-refractivity contribution is 9.10. The molecule has 1 aliphatic rings. The lowest BCUT2D eigenvalue weighted by Gasteiger charge is -2.16. The molecule has 1 aliphatic carbocycles. The Morgan fingerprint density at radius 1 is 1.12 bits per heavy atom. The van der Waals surface area contributed by atoms with Gasteiger partial charge in [-0.15, -0.1) is 0 Å². The Morgan fingerprint density at radius 3 is 2.46 bits per heavy atom. The first-order valence-corrected chi connectivity index (χ1v) is 9.14. The predicted molar refractivity (Wildman–Crippen MR) is 100 cm³/mol. The second-order valence-electron chi connectivity index (χ2n) is 5.64. The summed E-state index contributed by atoms with van der Waals surface area (Å²) in [5.41, 5.74) is 5.77. The first kappa shape index (κ1) is 18.7. The van der Waals surface area contributed by atoms with Gasteiger partial charge in [-0.25, -0.2) is 0 Å². The van der Waals surface area contributed by atoms with E-state index in [0.717, 1.165) is 17.3 Å². The molecule has 4 N–H and O–H groups in total. The predicted octanol–water partition coefficient (Wildman–Crippen LogP) is 2.01. The number of halogens is 1. The number of thiocarbonyl (C=S) groups is 1. The quantitative estimate of drug-likeness (QED) is 0.439. The highest BCUT2D eigenvalue weighted by Gasteiger charge is 2.15. The SMILES string of the molecule is O=C(CCNC(=O)c1ccc(Br)cc1)NNC(=S)NC1CCCC1. The summed E-state index contributed by atoms with van der Waals surface area (Å²) in [6.07, 6.45) is 4.81. The number of amides is 2. The third kappa shape index (κ3) is 6.45. The van der Waals surface area contributed by atoms with Gasteiger partial charge < -0.3 is 10.6 Å². The van der Waals surface area contributed by atoms with Crippen molar-refractivity contribution in [3.63, 3.8) is 0 Å².